The predicted molar refractivity (Wildman–Crippen MR) is 91.1 cm³/mol. The summed E-state index contributed by atoms with van der Waals surface area (Å²) in [4.78, 5) is 18.2. The smallest absolute Gasteiger partial charge is 0.414 e. The lowest BCUT2D eigenvalue weighted by atomic mass is 10.3. The van der Waals surface area contributed by atoms with Gasteiger partial charge >= 0.3 is 11.9 Å². The number of carboxylic acid groups (broad SMARTS) is 2. The minimum Gasteiger partial charge on any atom is -0.494 e. The number of benzene rings is 1. The van der Waals surface area contributed by atoms with Crippen molar-refractivity contribution in [3.05, 3.63) is 24.3 Å². The second kappa shape index (κ2) is 15.2. The molecule has 1 aromatic carbocycles. The largest absolute Gasteiger partial charge is 0.494 e. The van der Waals surface area contributed by atoms with Crippen LogP contribution in [-0.4, -0.2) is 68.2 Å². The molecule has 25 heavy (non-hydrogen) atoms. The molecule has 1 aromatic rings. The molecule has 0 heterocycles. The van der Waals surface area contributed by atoms with Crippen LogP contribution in [0.2, 0.25) is 0 Å². The first kappa shape index (κ1) is 22.6. The molecule has 0 amide bonds. The van der Waals surface area contributed by atoms with Gasteiger partial charge in [-0.25, -0.2) is 9.59 Å². The Kier molecular flexibility index (Phi) is 13.8. The molecule has 0 radical (unpaired) electrons. The number of aliphatic carboxylic acids is 2. The van der Waals surface area contributed by atoms with Gasteiger partial charge in [0.25, 0.3) is 0 Å². The molecule has 0 aliphatic carbocycles. The summed E-state index contributed by atoms with van der Waals surface area (Å²) in [6, 6.07) is 7.59. The molecule has 0 bridgehead atoms. The second-order valence-corrected chi connectivity index (χ2v) is 4.51. The molecule has 9 nitrogen and oxygen atoms in total. The summed E-state index contributed by atoms with van der Waals surface area (Å²) in [6.07, 6.45) is 0. The molecule has 0 saturated heterocycles. The number of hydrogen-bond donors (Lipinski definition) is 4. The Morgan fingerprint density at radius 1 is 0.960 bits per heavy atom. The maximum Gasteiger partial charge on any atom is 0.414 e. The Balaban J connectivity index is 0.000000823. The van der Waals surface area contributed by atoms with Crippen molar-refractivity contribution in [2.75, 3.05) is 46.1 Å². The zero-order valence-corrected chi connectivity index (χ0v) is 14.3. The quantitative estimate of drug-likeness (QED) is 0.322. The van der Waals surface area contributed by atoms with E-state index in [4.69, 9.17) is 39.7 Å². The van der Waals surface area contributed by atoms with Gasteiger partial charge in [-0.1, -0.05) is 0 Å². The number of carboxylic acids is 2. The van der Waals surface area contributed by atoms with E-state index in [-0.39, 0.29) is 0 Å². The van der Waals surface area contributed by atoms with Crippen molar-refractivity contribution >= 4 is 11.9 Å². The van der Waals surface area contributed by atoms with Crippen LogP contribution in [0.15, 0.2) is 24.3 Å². The van der Waals surface area contributed by atoms with Crippen molar-refractivity contribution in [2.24, 2.45) is 5.73 Å². The van der Waals surface area contributed by atoms with Crippen molar-refractivity contribution < 1.29 is 34.0 Å². The Hall–Kier alpha value is -2.36. The summed E-state index contributed by atoms with van der Waals surface area (Å²) in [7, 11) is 0. The lowest BCUT2D eigenvalue weighted by Crippen LogP contribution is -2.26. The number of rotatable bonds is 11. The van der Waals surface area contributed by atoms with Gasteiger partial charge in [-0.15, -0.1) is 0 Å². The lowest BCUT2D eigenvalue weighted by Gasteiger charge is -2.08. The van der Waals surface area contributed by atoms with Gasteiger partial charge in [0.15, 0.2) is 0 Å². The molecule has 0 unspecified atom stereocenters. The minimum atomic E-state index is -1.82. The average Bonchev–Trinajstić information content (AvgIpc) is 2.59. The monoisotopic (exact) mass is 358 g/mol. The molecule has 5 N–H and O–H groups in total. The second-order valence-electron chi connectivity index (χ2n) is 4.51. The number of carbonyl (C=O) groups is 2. The molecule has 9 heteroatoms. The number of nitrogens with two attached hydrogens (primary N) is 1. The zero-order valence-electron chi connectivity index (χ0n) is 14.3. The Labute approximate surface area is 146 Å². The van der Waals surface area contributed by atoms with Crippen LogP contribution in [0.3, 0.4) is 0 Å². The molecule has 142 valence electrons. The summed E-state index contributed by atoms with van der Waals surface area (Å²) in [6.45, 7) is 6.73. The van der Waals surface area contributed by atoms with E-state index in [1.165, 1.54) is 0 Å². The zero-order chi connectivity index (χ0) is 18.9. The molecule has 1 rings (SSSR count). The summed E-state index contributed by atoms with van der Waals surface area (Å²) in [5.74, 6) is -1.96. The van der Waals surface area contributed by atoms with Crippen molar-refractivity contribution in [1.82, 2.24) is 5.32 Å². The lowest BCUT2D eigenvalue weighted by molar-refractivity contribution is -0.159. The molecule has 0 spiro atoms. The third-order valence-corrected chi connectivity index (χ3v) is 2.56. The molecule has 0 aromatic heterocycles. The fourth-order valence-electron chi connectivity index (χ4n) is 1.49. The van der Waals surface area contributed by atoms with E-state index in [2.05, 4.69) is 5.32 Å². The Morgan fingerprint density at radius 3 is 2.00 bits per heavy atom. The van der Waals surface area contributed by atoms with E-state index in [0.29, 0.717) is 33.0 Å². The van der Waals surface area contributed by atoms with Crippen molar-refractivity contribution in [3.8, 4) is 11.5 Å². The molecule has 0 aliphatic heterocycles. The van der Waals surface area contributed by atoms with Crippen LogP contribution in [0.1, 0.15) is 6.92 Å². The van der Waals surface area contributed by atoms with Crippen LogP contribution < -0.4 is 20.5 Å². The van der Waals surface area contributed by atoms with Gasteiger partial charge in [0.1, 0.15) is 18.1 Å². The van der Waals surface area contributed by atoms with Gasteiger partial charge in [0.05, 0.1) is 19.8 Å². The van der Waals surface area contributed by atoms with Gasteiger partial charge in [-0.2, -0.15) is 0 Å². The topological polar surface area (TPSA) is 140 Å². The van der Waals surface area contributed by atoms with Crippen LogP contribution in [0.5, 0.6) is 11.5 Å². The number of ether oxygens (including phenoxy) is 3. The third-order valence-electron chi connectivity index (χ3n) is 2.56. The van der Waals surface area contributed by atoms with Crippen LogP contribution in [0, 0.1) is 0 Å². The van der Waals surface area contributed by atoms with E-state index < -0.39 is 11.9 Å². The van der Waals surface area contributed by atoms with Crippen LogP contribution in [0.4, 0.5) is 0 Å². The van der Waals surface area contributed by atoms with Gasteiger partial charge in [-0.3, -0.25) is 0 Å². The van der Waals surface area contributed by atoms with Crippen molar-refractivity contribution in [2.45, 2.75) is 6.92 Å². The molecule has 0 saturated carbocycles. The fraction of sp³-hybridized carbons (Fsp3) is 0.500. The maximum absolute atomic E-state index is 9.10. The standard InChI is InChI=1S/C14H24N2O3.C2H2O4/c1-2-18-13-3-5-14(6-4-13)19-12-11-17-10-9-16-8-7-15;3-1(4)2(5)6/h3-6,16H,2,7-12,15H2,1H3;(H,3,4)(H,5,6). The molecular weight excluding hydrogens is 332 g/mol. The molecule has 0 aliphatic rings. The van der Waals surface area contributed by atoms with Crippen molar-refractivity contribution in [1.29, 1.82) is 0 Å². The summed E-state index contributed by atoms with van der Waals surface area (Å²) >= 11 is 0. The first-order valence-corrected chi connectivity index (χ1v) is 7.81. The van der Waals surface area contributed by atoms with E-state index >= 15 is 0 Å². The van der Waals surface area contributed by atoms with E-state index in [1.54, 1.807) is 0 Å². The SMILES string of the molecule is CCOc1ccc(OCCOCCNCCN)cc1.O=C(O)C(=O)O. The number of nitrogens with one attached hydrogen (secondary N) is 1. The molecule has 0 atom stereocenters. The number of hydrogen-bond acceptors (Lipinski definition) is 7. The molecule has 0 fully saturated rings. The highest BCUT2D eigenvalue weighted by molar-refractivity contribution is 6.27. The normalized spacial score (nSPS) is 9.68. The van der Waals surface area contributed by atoms with Gasteiger partial charge in [0.2, 0.25) is 0 Å². The fourth-order valence-corrected chi connectivity index (χ4v) is 1.49. The van der Waals surface area contributed by atoms with E-state index in [0.717, 1.165) is 24.6 Å². The van der Waals surface area contributed by atoms with Crippen LogP contribution >= 0.6 is 0 Å². The van der Waals surface area contributed by atoms with Crippen LogP contribution in [0.25, 0.3) is 0 Å². The van der Waals surface area contributed by atoms with Gasteiger partial charge < -0.3 is 35.5 Å². The Bertz CT molecular complexity index is 468. The van der Waals surface area contributed by atoms with Crippen LogP contribution in [-0.2, 0) is 14.3 Å². The predicted octanol–water partition coefficient (Wildman–Crippen LogP) is 0.185. The van der Waals surface area contributed by atoms with Gasteiger partial charge in [0, 0.05) is 19.6 Å². The first-order valence-electron chi connectivity index (χ1n) is 7.81. The van der Waals surface area contributed by atoms with E-state index in [1.807, 2.05) is 31.2 Å². The van der Waals surface area contributed by atoms with Gasteiger partial charge in [-0.05, 0) is 31.2 Å². The summed E-state index contributed by atoms with van der Waals surface area (Å²) < 4.78 is 16.3. The summed E-state index contributed by atoms with van der Waals surface area (Å²) in [5, 5.41) is 17.9. The highest BCUT2D eigenvalue weighted by Crippen LogP contribution is 2.17. The highest BCUT2D eigenvalue weighted by Gasteiger charge is 2.04. The Morgan fingerprint density at radius 2 is 1.52 bits per heavy atom. The maximum atomic E-state index is 9.10. The first-order chi connectivity index (χ1) is 12.0. The highest BCUT2D eigenvalue weighted by atomic mass is 16.5. The summed E-state index contributed by atoms with van der Waals surface area (Å²) in [5.41, 5.74) is 5.35. The van der Waals surface area contributed by atoms with E-state index in [9.17, 15) is 0 Å². The average molecular weight is 358 g/mol. The van der Waals surface area contributed by atoms with Crippen molar-refractivity contribution in [3.63, 3.8) is 0 Å². The minimum absolute atomic E-state index is 0.546. The molecular formula is C16H26N2O7. The third kappa shape index (κ3) is 13.7.